The Morgan fingerprint density at radius 2 is 1.00 bits per heavy atom. The van der Waals surface area contributed by atoms with Crippen LogP contribution in [0, 0.1) is 0 Å². The van der Waals surface area contributed by atoms with Crippen molar-refractivity contribution in [1.29, 1.82) is 0 Å². The first-order valence-corrected chi connectivity index (χ1v) is 0. The Labute approximate surface area is 68.6 Å². The number of hydrogen-bond donors (Lipinski definition) is 0. The minimum Gasteiger partial charge on any atom is 0 e. The van der Waals surface area contributed by atoms with Crippen LogP contribution in [0.4, 0.5) is 0 Å². The van der Waals surface area contributed by atoms with Gasteiger partial charge in [0.15, 0.2) is 0 Å². The molecule has 0 spiro atoms. The van der Waals surface area contributed by atoms with Gasteiger partial charge in [0.25, 0.3) is 0 Å². The zero-order valence-electron chi connectivity index (χ0n) is 0.951. The summed E-state index contributed by atoms with van der Waals surface area (Å²) in [6, 6.07) is 0. The normalized spacial score (nSPS) is 0. The van der Waals surface area contributed by atoms with E-state index in [-0.39, 0.29) is 69.2 Å². The van der Waals surface area contributed by atoms with E-state index in [2.05, 4.69) is 0 Å². The van der Waals surface area contributed by atoms with Gasteiger partial charge in [-0.1, -0.05) is 0 Å². The van der Waals surface area contributed by atoms with E-state index < -0.39 is 0 Å². The van der Waals surface area contributed by atoms with Gasteiger partial charge in [0.1, 0.15) is 0 Å². The van der Waals surface area contributed by atoms with Gasteiger partial charge in [-0.15, -0.1) is 0 Å². The zero-order valence-corrected chi connectivity index (χ0v) is 3.92. The molecule has 0 aliphatic rings. The Morgan fingerprint density at radius 1 is 1.00 bits per heavy atom. The molecule has 2 radical (unpaired) electrons. The quantitative estimate of drug-likeness (QED) is 0.444. The van der Waals surface area contributed by atoms with E-state index in [0.717, 1.165) is 0 Å². The summed E-state index contributed by atoms with van der Waals surface area (Å²) in [4.78, 5) is 0. The summed E-state index contributed by atoms with van der Waals surface area (Å²) < 4.78 is 0. The fraction of sp³-hybridized carbons (Fsp3) is 0. The molecule has 0 unspecified atom stereocenters. The first-order chi connectivity index (χ1) is 0. The minimum atomic E-state index is 0. The van der Waals surface area contributed by atoms with Crippen molar-refractivity contribution in [3.05, 3.63) is 0 Å². The van der Waals surface area contributed by atoms with Crippen LogP contribution in [-0.4, -0.2) is 18.9 Å². The predicted octanol–water partition coefficient (Wildman–Crippen LogP) is -0.656. The summed E-state index contributed by atoms with van der Waals surface area (Å²) >= 11 is 0. The molecule has 0 aliphatic heterocycles. The third kappa shape index (κ3) is 8.93. The summed E-state index contributed by atoms with van der Waals surface area (Å²) in [6.45, 7) is 0. The van der Waals surface area contributed by atoms with Crippen LogP contribution in [0.1, 0.15) is 0 Å². The van der Waals surface area contributed by atoms with Crippen molar-refractivity contribution in [1.82, 2.24) is 0 Å². The molecule has 0 amide bonds. The Morgan fingerprint density at radius 3 is 1.00 bits per heavy atom. The Balaban J connectivity index is 0. The molecule has 0 bridgehead atoms. The molecule has 0 saturated heterocycles. The number of hydrogen-bond acceptors (Lipinski definition) is 0. The van der Waals surface area contributed by atoms with Crippen LogP contribution >= 0.6 is 0 Å². The van der Waals surface area contributed by atoms with E-state index in [1.165, 1.54) is 0 Å². The molecular formula is HCoCuLiNi. The standard InChI is InChI=1S/Co.Cu.Li.Ni.H. The summed E-state index contributed by atoms with van der Waals surface area (Å²) in [7, 11) is 0. The Kier molecular flexibility index (Phi) is 173. The van der Waals surface area contributed by atoms with Gasteiger partial charge in [-0.25, -0.2) is 0 Å². The maximum absolute atomic E-state index is 0. The molecule has 0 aromatic carbocycles. The predicted molar refractivity (Wildman–Crippen MR) is 7.15 cm³/mol. The molecule has 0 atom stereocenters. The molecule has 0 aromatic heterocycles. The third-order valence-electron chi connectivity index (χ3n) is 0. The van der Waals surface area contributed by atoms with Crippen molar-refractivity contribution in [2.75, 3.05) is 0 Å². The van der Waals surface area contributed by atoms with E-state index in [0.29, 0.717) is 0 Å². The van der Waals surface area contributed by atoms with Crippen LogP contribution in [0.15, 0.2) is 0 Å². The average molecular weight is 189 g/mol. The second-order valence-corrected chi connectivity index (χ2v) is 0. The van der Waals surface area contributed by atoms with Gasteiger partial charge in [0, 0.05) is 50.3 Å². The van der Waals surface area contributed by atoms with Crippen molar-refractivity contribution in [3.63, 3.8) is 0 Å². The number of rotatable bonds is 0. The van der Waals surface area contributed by atoms with Crippen LogP contribution in [0.2, 0.25) is 0 Å². The summed E-state index contributed by atoms with van der Waals surface area (Å²) in [5, 5.41) is 0. The summed E-state index contributed by atoms with van der Waals surface area (Å²) in [5.74, 6) is 0. The molecule has 0 aromatic rings. The van der Waals surface area contributed by atoms with Crippen LogP contribution in [0.3, 0.4) is 0 Å². The summed E-state index contributed by atoms with van der Waals surface area (Å²) in [6.07, 6.45) is 0. The summed E-state index contributed by atoms with van der Waals surface area (Å²) in [5.41, 5.74) is 0. The van der Waals surface area contributed by atoms with Crippen LogP contribution in [0.25, 0.3) is 0 Å². The van der Waals surface area contributed by atoms with Gasteiger partial charge in [0.05, 0.1) is 0 Å². The second-order valence-electron chi connectivity index (χ2n) is 0. The van der Waals surface area contributed by atoms with E-state index in [9.17, 15) is 0 Å². The first kappa shape index (κ1) is 35.7. The molecule has 4 heavy (non-hydrogen) atoms. The van der Waals surface area contributed by atoms with E-state index in [1.807, 2.05) is 0 Å². The molecule has 0 saturated carbocycles. The monoisotopic (exact) mass is 188 g/mol. The maximum Gasteiger partial charge on any atom is 0 e. The minimum absolute atomic E-state index is 0. The van der Waals surface area contributed by atoms with Crippen LogP contribution < -0.4 is 0 Å². The van der Waals surface area contributed by atoms with Gasteiger partial charge >= 0.3 is 18.9 Å². The first-order valence-electron chi connectivity index (χ1n) is 0. The van der Waals surface area contributed by atoms with Gasteiger partial charge in [-0.2, -0.15) is 0 Å². The Bertz CT molecular complexity index is 8.00. The molecule has 0 aliphatic carbocycles. The molecule has 32 valence electrons. The Hall–Kier alpha value is 2.12. The van der Waals surface area contributed by atoms with Crippen LogP contribution in [-0.2, 0) is 50.3 Å². The molecular weight excluding hydrogens is 188 g/mol. The molecule has 0 nitrogen and oxygen atoms in total. The second kappa shape index (κ2) is 19.4. The van der Waals surface area contributed by atoms with Crippen molar-refractivity contribution in [3.8, 4) is 0 Å². The topological polar surface area (TPSA) is 0 Å². The van der Waals surface area contributed by atoms with E-state index >= 15 is 0 Å². The van der Waals surface area contributed by atoms with Gasteiger partial charge in [-0.05, 0) is 0 Å². The zero-order chi connectivity index (χ0) is 0. The van der Waals surface area contributed by atoms with Crippen molar-refractivity contribution >= 4 is 18.9 Å². The molecule has 0 N–H and O–H groups in total. The molecule has 0 heterocycles. The fourth-order valence-electron chi connectivity index (χ4n) is 0. The molecule has 0 rings (SSSR count). The van der Waals surface area contributed by atoms with E-state index in [1.54, 1.807) is 0 Å². The van der Waals surface area contributed by atoms with Crippen molar-refractivity contribution in [2.45, 2.75) is 0 Å². The average Bonchev–Trinajstić information content (AvgIpc) is 0. The largest absolute Gasteiger partial charge is 0 e. The smallest absolute Gasteiger partial charge is 0 e. The van der Waals surface area contributed by atoms with Gasteiger partial charge in [-0.3, -0.25) is 0 Å². The fourth-order valence-corrected chi connectivity index (χ4v) is 0. The molecule has 0 fully saturated rings. The van der Waals surface area contributed by atoms with Crippen molar-refractivity contribution in [2.24, 2.45) is 0 Å². The molecule has 4 heteroatoms. The third-order valence-corrected chi connectivity index (χ3v) is 0. The van der Waals surface area contributed by atoms with Gasteiger partial charge in [0.2, 0.25) is 0 Å². The SMILES string of the molecule is [Co].[Cu].[LiH].[Ni]. The van der Waals surface area contributed by atoms with Crippen molar-refractivity contribution < 1.29 is 50.3 Å². The van der Waals surface area contributed by atoms with Gasteiger partial charge < -0.3 is 0 Å². The maximum atomic E-state index is 0. The van der Waals surface area contributed by atoms with Crippen LogP contribution in [0.5, 0.6) is 0 Å². The van der Waals surface area contributed by atoms with E-state index in [4.69, 9.17) is 0 Å².